The number of hydrogen-bond donors (Lipinski definition) is 1. The lowest BCUT2D eigenvalue weighted by Crippen LogP contribution is -2.42. The number of carbonyl (C=O) groups is 1. The van der Waals surface area contributed by atoms with Crippen molar-refractivity contribution < 1.29 is 14.6 Å². The van der Waals surface area contributed by atoms with E-state index in [-0.39, 0.29) is 17.1 Å². The van der Waals surface area contributed by atoms with E-state index in [0.717, 1.165) is 11.3 Å². The number of nitrogens with zero attached hydrogens (tertiary/aromatic N) is 1. The number of hydrogen-bond acceptors (Lipinski definition) is 4. The second-order valence-corrected chi connectivity index (χ2v) is 7.19. The molecule has 1 unspecified atom stereocenters. The van der Waals surface area contributed by atoms with Crippen LogP contribution >= 0.6 is 11.8 Å². The highest BCUT2D eigenvalue weighted by atomic mass is 32.2. The van der Waals surface area contributed by atoms with E-state index in [1.165, 1.54) is 0 Å². The van der Waals surface area contributed by atoms with Crippen molar-refractivity contribution in [1.82, 2.24) is 4.90 Å². The van der Waals surface area contributed by atoms with Crippen LogP contribution in [-0.4, -0.2) is 40.5 Å². The first-order valence-electron chi connectivity index (χ1n) is 6.73. The molecule has 5 heteroatoms. The van der Waals surface area contributed by atoms with Crippen molar-refractivity contribution in [3.05, 3.63) is 29.8 Å². The molecule has 1 aromatic rings. The van der Waals surface area contributed by atoms with Gasteiger partial charge >= 0.3 is 6.09 Å². The number of thioether (sulfide) groups is 1. The Kier molecular flexibility index (Phi) is 4.48. The predicted octanol–water partition coefficient (Wildman–Crippen LogP) is 3.42. The predicted molar refractivity (Wildman–Crippen MR) is 81.1 cm³/mol. The first-order valence-corrected chi connectivity index (χ1v) is 7.78. The summed E-state index contributed by atoms with van der Waals surface area (Å²) in [6, 6.07) is 7.23. The Morgan fingerprint density at radius 3 is 2.85 bits per heavy atom. The average molecular weight is 295 g/mol. The SMILES string of the molecule is CC(C)(C)OC(=O)N1CCSC(c2cccc(O)c2)C1. The maximum absolute atomic E-state index is 12.1. The smallest absolute Gasteiger partial charge is 0.410 e. The van der Waals surface area contributed by atoms with E-state index in [2.05, 4.69) is 0 Å². The second-order valence-electron chi connectivity index (χ2n) is 5.88. The number of benzene rings is 1. The quantitative estimate of drug-likeness (QED) is 0.862. The van der Waals surface area contributed by atoms with Crippen LogP contribution in [0.15, 0.2) is 24.3 Å². The molecular weight excluding hydrogens is 274 g/mol. The number of phenols is 1. The molecule has 1 fully saturated rings. The fourth-order valence-electron chi connectivity index (χ4n) is 2.07. The molecule has 4 nitrogen and oxygen atoms in total. The summed E-state index contributed by atoms with van der Waals surface area (Å²) in [5.41, 5.74) is 0.575. The second kappa shape index (κ2) is 5.95. The van der Waals surface area contributed by atoms with Gasteiger partial charge in [-0.3, -0.25) is 0 Å². The number of rotatable bonds is 1. The highest BCUT2D eigenvalue weighted by Gasteiger charge is 2.28. The lowest BCUT2D eigenvalue weighted by molar-refractivity contribution is 0.0257. The van der Waals surface area contributed by atoms with Gasteiger partial charge in [-0.15, -0.1) is 0 Å². The third kappa shape index (κ3) is 4.07. The molecule has 110 valence electrons. The summed E-state index contributed by atoms with van der Waals surface area (Å²) in [6.45, 7) is 6.93. The molecule has 2 rings (SSSR count). The topological polar surface area (TPSA) is 49.8 Å². The Balaban J connectivity index is 2.03. The van der Waals surface area contributed by atoms with Gasteiger partial charge in [0.2, 0.25) is 0 Å². The largest absolute Gasteiger partial charge is 0.508 e. The molecule has 1 aliphatic heterocycles. The molecule has 1 amide bonds. The van der Waals surface area contributed by atoms with E-state index in [9.17, 15) is 9.90 Å². The van der Waals surface area contributed by atoms with Gasteiger partial charge in [0, 0.05) is 24.1 Å². The third-order valence-electron chi connectivity index (χ3n) is 2.96. The summed E-state index contributed by atoms with van der Waals surface area (Å²) in [5, 5.41) is 9.74. The zero-order valence-corrected chi connectivity index (χ0v) is 12.9. The number of amides is 1. The summed E-state index contributed by atoms with van der Waals surface area (Å²) in [5.74, 6) is 1.14. The normalized spacial score (nSPS) is 19.8. The van der Waals surface area contributed by atoms with Gasteiger partial charge in [0.05, 0.1) is 0 Å². The van der Waals surface area contributed by atoms with Crippen molar-refractivity contribution in [3.8, 4) is 5.75 Å². The highest BCUT2D eigenvalue weighted by molar-refractivity contribution is 7.99. The van der Waals surface area contributed by atoms with Crippen molar-refractivity contribution in [2.45, 2.75) is 31.6 Å². The van der Waals surface area contributed by atoms with E-state index in [1.807, 2.05) is 32.9 Å². The van der Waals surface area contributed by atoms with Crippen molar-refractivity contribution >= 4 is 17.9 Å². The Morgan fingerprint density at radius 2 is 2.20 bits per heavy atom. The molecule has 0 bridgehead atoms. The number of phenolic OH excluding ortho intramolecular Hbond substituents is 1. The molecule has 0 aliphatic carbocycles. The van der Waals surface area contributed by atoms with Crippen molar-refractivity contribution in [2.24, 2.45) is 0 Å². The van der Waals surface area contributed by atoms with E-state index in [0.29, 0.717) is 13.1 Å². The maximum atomic E-state index is 12.1. The van der Waals surface area contributed by atoms with Gasteiger partial charge in [-0.2, -0.15) is 11.8 Å². The number of ether oxygens (including phenoxy) is 1. The van der Waals surface area contributed by atoms with Crippen LogP contribution in [-0.2, 0) is 4.74 Å². The zero-order valence-electron chi connectivity index (χ0n) is 12.1. The molecular formula is C15H21NO3S. The average Bonchev–Trinajstić information content (AvgIpc) is 2.37. The Bertz CT molecular complexity index is 484. The van der Waals surface area contributed by atoms with Gasteiger partial charge in [0.25, 0.3) is 0 Å². The molecule has 0 aromatic heterocycles. The monoisotopic (exact) mass is 295 g/mol. The molecule has 1 heterocycles. The lowest BCUT2D eigenvalue weighted by atomic mass is 10.1. The van der Waals surface area contributed by atoms with Crippen molar-refractivity contribution in [1.29, 1.82) is 0 Å². The Hall–Kier alpha value is -1.36. The van der Waals surface area contributed by atoms with Gasteiger partial charge in [0.15, 0.2) is 0 Å². The first-order chi connectivity index (χ1) is 9.35. The van der Waals surface area contributed by atoms with Crippen LogP contribution in [0.25, 0.3) is 0 Å². The van der Waals surface area contributed by atoms with E-state index in [1.54, 1.807) is 28.8 Å². The molecule has 1 aromatic carbocycles. The van der Waals surface area contributed by atoms with Gasteiger partial charge < -0.3 is 14.7 Å². The summed E-state index contributed by atoms with van der Waals surface area (Å²) in [4.78, 5) is 13.8. The highest BCUT2D eigenvalue weighted by Crippen LogP contribution is 2.34. The standard InChI is InChI=1S/C15H21NO3S/c1-15(2,3)19-14(18)16-7-8-20-13(10-16)11-5-4-6-12(17)9-11/h4-6,9,13,17H,7-8,10H2,1-3H3. The van der Waals surface area contributed by atoms with Gasteiger partial charge in [0.1, 0.15) is 11.4 Å². The fourth-order valence-corrected chi connectivity index (χ4v) is 3.30. The minimum atomic E-state index is -0.470. The fraction of sp³-hybridized carbons (Fsp3) is 0.533. The molecule has 0 spiro atoms. The van der Waals surface area contributed by atoms with Crippen LogP contribution in [0.2, 0.25) is 0 Å². The van der Waals surface area contributed by atoms with Crippen LogP contribution in [0.3, 0.4) is 0 Å². The third-order valence-corrected chi connectivity index (χ3v) is 4.20. The van der Waals surface area contributed by atoms with Crippen LogP contribution in [0.5, 0.6) is 5.75 Å². The van der Waals surface area contributed by atoms with E-state index >= 15 is 0 Å². The van der Waals surface area contributed by atoms with E-state index in [4.69, 9.17) is 4.74 Å². The van der Waals surface area contributed by atoms with Crippen molar-refractivity contribution in [2.75, 3.05) is 18.8 Å². The molecule has 0 radical (unpaired) electrons. The van der Waals surface area contributed by atoms with Crippen molar-refractivity contribution in [3.63, 3.8) is 0 Å². The van der Waals surface area contributed by atoms with Gasteiger partial charge in [-0.05, 0) is 38.5 Å². The molecule has 20 heavy (non-hydrogen) atoms. The van der Waals surface area contributed by atoms with Gasteiger partial charge in [-0.1, -0.05) is 12.1 Å². The maximum Gasteiger partial charge on any atom is 0.410 e. The number of carbonyl (C=O) groups excluding carboxylic acids is 1. The first kappa shape index (κ1) is 15.0. The Morgan fingerprint density at radius 1 is 1.45 bits per heavy atom. The van der Waals surface area contributed by atoms with Crippen LogP contribution < -0.4 is 0 Å². The summed E-state index contributed by atoms with van der Waals surface area (Å²) >= 11 is 1.80. The molecule has 0 saturated carbocycles. The Labute approximate surface area is 124 Å². The molecule has 1 atom stereocenters. The molecule has 1 aliphatic rings. The van der Waals surface area contributed by atoms with Gasteiger partial charge in [-0.25, -0.2) is 4.79 Å². The minimum absolute atomic E-state index is 0.184. The van der Waals surface area contributed by atoms with Crippen LogP contribution in [0, 0.1) is 0 Å². The minimum Gasteiger partial charge on any atom is -0.508 e. The summed E-state index contributed by atoms with van der Waals surface area (Å²) in [7, 11) is 0. The number of aromatic hydroxyl groups is 1. The zero-order chi connectivity index (χ0) is 14.8. The summed E-state index contributed by atoms with van der Waals surface area (Å²) in [6.07, 6.45) is -0.261. The molecule has 1 saturated heterocycles. The lowest BCUT2D eigenvalue weighted by Gasteiger charge is -2.34. The van der Waals surface area contributed by atoms with Crippen LogP contribution in [0.1, 0.15) is 31.6 Å². The van der Waals surface area contributed by atoms with E-state index < -0.39 is 5.60 Å². The molecule has 1 N–H and O–H groups in total. The summed E-state index contributed by atoms with van der Waals surface area (Å²) < 4.78 is 5.41. The van der Waals surface area contributed by atoms with Crippen LogP contribution in [0.4, 0.5) is 4.79 Å².